The van der Waals surface area contributed by atoms with Crippen molar-refractivity contribution in [3.63, 3.8) is 0 Å². The maximum atomic E-state index is 11.6. The van der Waals surface area contributed by atoms with Crippen molar-refractivity contribution in [3.8, 4) is 5.75 Å². The normalized spacial score (nSPS) is 9.87. The van der Waals surface area contributed by atoms with Crippen LogP contribution in [0.3, 0.4) is 0 Å². The lowest BCUT2D eigenvalue weighted by molar-refractivity contribution is 0.0601. The van der Waals surface area contributed by atoms with Gasteiger partial charge < -0.3 is 20.1 Å². The minimum Gasteiger partial charge on any atom is -0.495 e. The van der Waals surface area contributed by atoms with Crippen LogP contribution in [0, 0.1) is 6.92 Å². The quantitative estimate of drug-likeness (QED) is 0.660. The Morgan fingerprint density at radius 3 is 2.43 bits per heavy atom. The summed E-state index contributed by atoms with van der Waals surface area (Å²) in [7, 11) is 2.95. The molecule has 120 valence electrons. The smallest absolute Gasteiger partial charge is 0.337 e. The average Bonchev–Trinajstić information content (AvgIpc) is 2.56. The SMILES string of the molecule is COC(=O)c1ccc(C)c(NC(=S)Nc2ccccc2OC)c1. The first-order chi connectivity index (χ1) is 11.0. The lowest BCUT2D eigenvalue weighted by atomic mass is 10.1. The number of rotatable bonds is 4. The molecular weight excluding hydrogens is 312 g/mol. The van der Waals surface area contributed by atoms with Crippen molar-refractivity contribution in [2.24, 2.45) is 0 Å². The van der Waals surface area contributed by atoms with Crippen LogP contribution < -0.4 is 15.4 Å². The van der Waals surface area contributed by atoms with Crippen LogP contribution in [0.5, 0.6) is 5.75 Å². The van der Waals surface area contributed by atoms with Crippen LogP contribution in [0.1, 0.15) is 15.9 Å². The largest absolute Gasteiger partial charge is 0.495 e. The number of aryl methyl sites for hydroxylation is 1. The summed E-state index contributed by atoms with van der Waals surface area (Å²) in [5.74, 6) is 0.299. The number of nitrogens with one attached hydrogen (secondary N) is 2. The number of anilines is 2. The lowest BCUT2D eigenvalue weighted by Gasteiger charge is -2.15. The number of esters is 1. The van der Waals surface area contributed by atoms with E-state index in [1.165, 1.54) is 7.11 Å². The van der Waals surface area contributed by atoms with Crippen LogP contribution in [-0.2, 0) is 4.74 Å². The fourth-order valence-electron chi connectivity index (χ4n) is 2.03. The molecule has 0 saturated carbocycles. The zero-order chi connectivity index (χ0) is 16.8. The highest BCUT2D eigenvalue weighted by atomic mass is 32.1. The number of ether oxygens (including phenoxy) is 2. The summed E-state index contributed by atoms with van der Waals surface area (Å²) >= 11 is 5.33. The van der Waals surface area contributed by atoms with Crippen LogP contribution in [-0.4, -0.2) is 25.3 Å². The Bertz CT molecular complexity index is 732. The van der Waals surface area contributed by atoms with Gasteiger partial charge in [-0.05, 0) is 49.0 Å². The molecule has 0 bridgehead atoms. The molecule has 0 radical (unpaired) electrons. The Balaban J connectivity index is 2.15. The second kappa shape index (κ2) is 7.60. The summed E-state index contributed by atoms with van der Waals surface area (Å²) in [5, 5.41) is 6.57. The maximum Gasteiger partial charge on any atom is 0.337 e. The Labute approximate surface area is 140 Å². The molecule has 0 atom stereocenters. The van der Waals surface area contributed by atoms with Gasteiger partial charge in [-0.15, -0.1) is 0 Å². The van der Waals surface area contributed by atoms with Gasteiger partial charge in [-0.25, -0.2) is 4.79 Å². The number of hydrogen-bond donors (Lipinski definition) is 2. The number of carbonyl (C=O) groups is 1. The number of thiocarbonyl (C=S) groups is 1. The number of carbonyl (C=O) groups excluding carboxylic acids is 1. The van der Waals surface area contributed by atoms with Crippen molar-refractivity contribution in [2.45, 2.75) is 6.92 Å². The molecule has 0 amide bonds. The molecule has 2 aromatic carbocycles. The van der Waals surface area contributed by atoms with Gasteiger partial charge in [0.2, 0.25) is 0 Å². The van der Waals surface area contributed by atoms with Gasteiger partial charge in [-0.3, -0.25) is 0 Å². The van der Waals surface area contributed by atoms with Crippen LogP contribution in [0.25, 0.3) is 0 Å². The topological polar surface area (TPSA) is 59.6 Å². The van der Waals surface area contributed by atoms with Gasteiger partial charge >= 0.3 is 5.97 Å². The van der Waals surface area contributed by atoms with E-state index < -0.39 is 5.97 Å². The number of para-hydroxylation sites is 2. The first-order valence-corrected chi connectivity index (χ1v) is 7.36. The predicted octanol–water partition coefficient (Wildman–Crippen LogP) is 3.60. The summed E-state index contributed by atoms with van der Waals surface area (Å²) in [6.45, 7) is 1.93. The highest BCUT2D eigenvalue weighted by Gasteiger charge is 2.10. The zero-order valence-corrected chi connectivity index (χ0v) is 14.0. The van der Waals surface area contributed by atoms with Crippen molar-refractivity contribution < 1.29 is 14.3 Å². The molecule has 5 nitrogen and oxygen atoms in total. The lowest BCUT2D eigenvalue weighted by Crippen LogP contribution is -2.20. The molecule has 0 aliphatic rings. The molecule has 0 fully saturated rings. The molecule has 2 rings (SSSR count). The first-order valence-electron chi connectivity index (χ1n) is 6.95. The molecule has 2 N–H and O–H groups in total. The van der Waals surface area contributed by atoms with E-state index >= 15 is 0 Å². The van der Waals surface area contributed by atoms with Gasteiger partial charge in [-0.1, -0.05) is 18.2 Å². The molecule has 2 aromatic rings. The van der Waals surface area contributed by atoms with E-state index in [0.29, 0.717) is 16.4 Å². The molecule has 0 unspecified atom stereocenters. The van der Waals surface area contributed by atoms with Gasteiger partial charge in [0.25, 0.3) is 0 Å². The Hall–Kier alpha value is -2.60. The number of hydrogen-bond acceptors (Lipinski definition) is 4. The summed E-state index contributed by atoms with van der Waals surface area (Å²) < 4.78 is 10.0. The summed E-state index contributed by atoms with van der Waals surface area (Å²) in [5.41, 5.74) is 2.91. The van der Waals surface area contributed by atoms with Crippen molar-refractivity contribution >= 4 is 34.7 Å². The van der Waals surface area contributed by atoms with E-state index in [-0.39, 0.29) is 0 Å². The average molecular weight is 330 g/mol. The minimum atomic E-state index is -0.392. The Morgan fingerprint density at radius 1 is 1.04 bits per heavy atom. The van der Waals surface area contributed by atoms with Gasteiger partial charge in [0.05, 0.1) is 25.5 Å². The van der Waals surface area contributed by atoms with Gasteiger partial charge in [0.1, 0.15) is 5.75 Å². The molecule has 23 heavy (non-hydrogen) atoms. The van der Waals surface area contributed by atoms with Crippen molar-refractivity contribution in [1.82, 2.24) is 0 Å². The van der Waals surface area contributed by atoms with Gasteiger partial charge in [0, 0.05) is 5.69 Å². The highest BCUT2D eigenvalue weighted by molar-refractivity contribution is 7.80. The van der Waals surface area contributed by atoms with E-state index in [1.807, 2.05) is 37.3 Å². The highest BCUT2D eigenvalue weighted by Crippen LogP contribution is 2.24. The van der Waals surface area contributed by atoms with Crippen molar-refractivity contribution in [1.29, 1.82) is 0 Å². The van der Waals surface area contributed by atoms with E-state index in [4.69, 9.17) is 21.7 Å². The third-order valence-corrected chi connectivity index (χ3v) is 3.47. The Morgan fingerprint density at radius 2 is 1.74 bits per heavy atom. The second-order valence-electron chi connectivity index (χ2n) is 4.80. The van der Waals surface area contributed by atoms with Crippen molar-refractivity contribution in [3.05, 3.63) is 53.6 Å². The third kappa shape index (κ3) is 4.20. The maximum absolute atomic E-state index is 11.6. The molecule has 0 aliphatic heterocycles. The van der Waals surface area contributed by atoms with E-state index in [1.54, 1.807) is 19.2 Å². The summed E-state index contributed by atoms with van der Waals surface area (Å²) in [4.78, 5) is 11.6. The van der Waals surface area contributed by atoms with Crippen LogP contribution >= 0.6 is 12.2 Å². The van der Waals surface area contributed by atoms with Crippen LogP contribution in [0.4, 0.5) is 11.4 Å². The monoisotopic (exact) mass is 330 g/mol. The predicted molar refractivity (Wildman–Crippen MR) is 95.4 cm³/mol. The molecule has 0 aliphatic carbocycles. The summed E-state index contributed by atoms with van der Waals surface area (Å²) in [6.07, 6.45) is 0. The first kappa shape index (κ1) is 16.8. The number of benzene rings is 2. The number of methoxy groups -OCH3 is 2. The Kier molecular flexibility index (Phi) is 5.54. The molecular formula is C17H18N2O3S. The van der Waals surface area contributed by atoms with Crippen molar-refractivity contribution in [2.75, 3.05) is 24.9 Å². The third-order valence-electron chi connectivity index (χ3n) is 3.26. The molecule has 0 aromatic heterocycles. The van der Waals surface area contributed by atoms with E-state index in [2.05, 4.69) is 10.6 Å². The fourth-order valence-corrected chi connectivity index (χ4v) is 2.25. The summed E-state index contributed by atoms with van der Waals surface area (Å²) in [6, 6.07) is 12.7. The minimum absolute atomic E-state index is 0.392. The fraction of sp³-hybridized carbons (Fsp3) is 0.176. The van der Waals surface area contributed by atoms with E-state index in [9.17, 15) is 4.79 Å². The molecule has 0 heterocycles. The molecule has 0 spiro atoms. The zero-order valence-electron chi connectivity index (χ0n) is 13.2. The van der Waals surface area contributed by atoms with Gasteiger partial charge in [0.15, 0.2) is 5.11 Å². The van der Waals surface area contributed by atoms with Crippen LogP contribution in [0.15, 0.2) is 42.5 Å². The van der Waals surface area contributed by atoms with E-state index in [0.717, 1.165) is 16.9 Å². The van der Waals surface area contributed by atoms with Gasteiger partial charge in [-0.2, -0.15) is 0 Å². The standard InChI is InChI=1S/C17H18N2O3S/c1-11-8-9-12(16(20)22-3)10-14(11)19-17(23)18-13-6-4-5-7-15(13)21-2/h4-10H,1-3H3,(H2,18,19,23). The second-order valence-corrected chi connectivity index (χ2v) is 5.21. The molecule has 0 saturated heterocycles. The van der Waals surface area contributed by atoms with Crippen LogP contribution in [0.2, 0.25) is 0 Å². The molecule has 6 heteroatoms.